The first-order chi connectivity index (χ1) is 12.1. The number of nitrogens with one attached hydrogen (secondary N) is 2. The molecule has 2 aromatic heterocycles. The molecule has 1 aliphatic rings. The largest absolute Gasteiger partial charge is 0.370 e. The van der Waals surface area contributed by atoms with Gasteiger partial charge in [-0.15, -0.1) is 0 Å². The summed E-state index contributed by atoms with van der Waals surface area (Å²) in [6.07, 6.45) is 4.67. The Morgan fingerprint density at radius 1 is 1.36 bits per heavy atom. The molecule has 1 aliphatic heterocycles. The van der Waals surface area contributed by atoms with Crippen LogP contribution in [0, 0.1) is 0 Å². The first kappa shape index (κ1) is 17.5. The van der Waals surface area contributed by atoms with Gasteiger partial charge in [0.25, 0.3) is 0 Å². The molecule has 0 aliphatic carbocycles. The molecule has 0 fully saturated rings. The van der Waals surface area contributed by atoms with Crippen molar-refractivity contribution in [2.45, 2.75) is 33.2 Å². The zero-order valence-electron chi connectivity index (χ0n) is 14.8. The summed E-state index contributed by atoms with van der Waals surface area (Å²) in [6, 6.07) is 5.84. The molecule has 3 rings (SSSR count). The van der Waals surface area contributed by atoms with Crippen molar-refractivity contribution in [3.8, 4) is 0 Å². The van der Waals surface area contributed by atoms with Gasteiger partial charge in [-0.3, -0.25) is 5.10 Å². The first-order valence-electron chi connectivity index (χ1n) is 8.39. The lowest BCUT2D eigenvalue weighted by Crippen LogP contribution is -2.37. The lowest BCUT2D eigenvalue weighted by molar-refractivity contribution is 0.269. The Morgan fingerprint density at radius 2 is 2.20 bits per heavy atom. The lowest BCUT2D eigenvalue weighted by atomic mass is 10.1. The quantitative estimate of drug-likeness (QED) is 0.804. The zero-order valence-corrected chi connectivity index (χ0v) is 15.5. The Hall–Kier alpha value is -2.34. The van der Waals surface area contributed by atoms with E-state index in [0.717, 1.165) is 30.1 Å². The van der Waals surface area contributed by atoms with Gasteiger partial charge in [0.2, 0.25) is 0 Å². The van der Waals surface area contributed by atoms with Crippen molar-refractivity contribution in [1.82, 2.24) is 25.4 Å². The van der Waals surface area contributed by atoms with E-state index >= 15 is 0 Å². The number of aromatic amines is 1. The molecular formula is C18H23ClN6. The third kappa shape index (κ3) is 4.02. The van der Waals surface area contributed by atoms with Gasteiger partial charge in [-0.25, -0.2) is 9.98 Å². The Balaban J connectivity index is 1.65. The summed E-state index contributed by atoms with van der Waals surface area (Å²) in [5.74, 6) is 0.962. The number of allylic oxidation sites excluding steroid dienone is 1. The smallest absolute Gasteiger partial charge is 0.129 e. The maximum absolute atomic E-state index is 6.03. The molecule has 25 heavy (non-hydrogen) atoms. The second kappa shape index (κ2) is 7.70. The molecular weight excluding hydrogens is 336 g/mol. The van der Waals surface area contributed by atoms with Crippen LogP contribution in [0.1, 0.15) is 38.1 Å². The normalized spacial score (nSPS) is 16.0. The van der Waals surface area contributed by atoms with E-state index in [0.29, 0.717) is 11.8 Å². The molecule has 1 atom stereocenters. The van der Waals surface area contributed by atoms with Crippen molar-refractivity contribution in [3.05, 3.63) is 58.3 Å². The minimum absolute atomic E-state index is 0.116. The van der Waals surface area contributed by atoms with Crippen molar-refractivity contribution in [2.75, 3.05) is 13.2 Å². The minimum Gasteiger partial charge on any atom is -0.370 e. The van der Waals surface area contributed by atoms with Gasteiger partial charge in [0.15, 0.2) is 0 Å². The molecule has 0 amide bonds. The van der Waals surface area contributed by atoms with Gasteiger partial charge in [-0.2, -0.15) is 5.10 Å². The van der Waals surface area contributed by atoms with E-state index in [1.54, 1.807) is 6.07 Å². The van der Waals surface area contributed by atoms with Crippen LogP contribution in [-0.4, -0.2) is 39.1 Å². The number of hydrogen-bond acceptors (Lipinski definition) is 5. The van der Waals surface area contributed by atoms with E-state index in [4.69, 9.17) is 16.6 Å². The van der Waals surface area contributed by atoms with Gasteiger partial charge in [-0.1, -0.05) is 17.7 Å². The fourth-order valence-corrected chi connectivity index (χ4v) is 3.09. The highest BCUT2D eigenvalue weighted by atomic mass is 35.5. The number of amidine groups is 1. The number of rotatable bonds is 5. The SMILES string of the molecule is CC1=C(C)N(C(C)c2cccc(Cl)n2)CN=C1NCCc1cn[nH]c1. The average Bonchev–Trinajstić information content (AvgIpc) is 3.12. The van der Waals surface area contributed by atoms with Gasteiger partial charge >= 0.3 is 0 Å². The molecule has 0 spiro atoms. The van der Waals surface area contributed by atoms with Crippen molar-refractivity contribution >= 4 is 17.4 Å². The topological polar surface area (TPSA) is 69.2 Å². The second-order valence-corrected chi connectivity index (χ2v) is 6.56. The van der Waals surface area contributed by atoms with Gasteiger partial charge in [0, 0.05) is 24.0 Å². The molecule has 132 valence electrons. The molecule has 6 nitrogen and oxygen atoms in total. The number of hydrogen-bond donors (Lipinski definition) is 2. The Kier molecular flexibility index (Phi) is 5.38. The number of aliphatic imine (C=N–C) groups is 1. The van der Waals surface area contributed by atoms with E-state index in [-0.39, 0.29) is 6.04 Å². The molecule has 0 bridgehead atoms. The minimum atomic E-state index is 0.116. The highest BCUT2D eigenvalue weighted by Crippen LogP contribution is 2.27. The third-order valence-electron chi connectivity index (χ3n) is 4.60. The lowest BCUT2D eigenvalue weighted by Gasteiger charge is -2.34. The Bertz CT molecular complexity index is 781. The van der Waals surface area contributed by atoms with Crippen LogP contribution in [0.5, 0.6) is 0 Å². The molecule has 0 saturated heterocycles. The Labute approximate surface area is 153 Å². The number of nitrogens with zero attached hydrogens (tertiary/aromatic N) is 4. The highest BCUT2D eigenvalue weighted by Gasteiger charge is 2.23. The first-order valence-corrected chi connectivity index (χ1v) is 8.77. The van der Waals surface area contributed by atoms with Crippen molar-refractivity contribution < 1.29 is 0 Å². The molecule has 2 N–H and O–H groups in total. The molecule has 2 aromatic rings. The maximum Gasteiger partial charge on any atom is 0.129 e. The standard InChI is InChI=1S/C18H23ClN6/c1-12-13(2)25(14(3)16-5-4-6-17(19)24-16)11-21-18(12)20-8-7-15-9-22-23-10-15/h4-6,9-10,14H,7-8,11H2,1-3H3,(H,20,21)(H,22,23). The maximum atomic E-state index is 6.03. The molecule has 0 radical (unpaired) electrons. The summed E-state index contributed by atoms with van der Waals surface area (Å²) in [4.78, 5) is 11.4. The van der Waals surface area contributed by atoms with Crippen LogP contribution in [0.3, 0.4) is 0 Å². The molecule has 1 unspecified atom stereocenters. The van der Waals surface area contributed by atoms with E-state index in [1.807, 2.05) is 24.5 Å². The number of halogens is 1. The molecule has 3 heterocycles. The second-order valence-electron chi connectivity index (χ2n) is 6.17. The fourth-order valence-electron chi connectivity index (χ4n) is 2.92. The number of H-pyrrole nitrogens is 1. The van der Waals surface area contributed by atoms with Crippen LogP contribution in [-0.2, 0) is 6.42 Å². The van der Waals surface area contributed by atoms with Gasteiger partial charge in [-0.05, 0) is 44.9 Å². The van der Waals surface area contributed by atoms with Crippen molar-refractivity contribution in [3.63, 3.8) is 0 Å². The predicted molar refractivity (Wildman–Crippen MR) is 100 cm³/mol. The summed E-state index contributed by atoms with van der Waals surface area (Å²) in [6.45, 7) is 7.79. The van der Waals surface area contributed by atoms with Crippen LogP contribution in [0.25, 0.3) is 0 Å². The van der Waals surface area contributed by atoms with Crippen LogP contribution >= 0.6 is 11.6 Å². The Morgan fingerprint density at radius 3 is 2.92 bits per heavy atom. The van der Waals surface area contributed by atoms with E-state index in [1.165, 1.54) is 11.3 Å². The van der Waals surface area contributed by atoms with E-state index in [9.17, 15) is 0 Å². The molecule has 0 saturated carbocycles. The number of pyridine rings is 1. The van der Waals surface area contributed by atoms with Gasteiger partial charge < -0.3 is 10.2 Å². The summed E-state index contributed by atoms with van der Waals surface area (Å²) in [5, 5.41) is 10.8. The molecule has 7 heteroatoms. The number of aromatic nitrogens is 3. The zero-order chi connectivity index (χ0) is 17.8. The summed E-state index contributed by atoms with van der Waals surface area (Å²) < 4.78 is 0. The van der Waals surface area contributed by atoms with Crippen LogP contribution in [0.4, 0.5) is 0 Å². The fraction of sp³-hybridized carbons (Fsp3) is 0.389. The monoisotopic (exact) mass is 358 g/mol. The predicted octanol–water partition coefficient (Wildman–Crippen LogP) is 3.32. The molecule has 0 aromatic carbocycles. The highest BCUT2D eigenvalue weighted by molar-refractivity contribution is 6.29. The average molecular weight is 359 g/mol. The third-order valence-corrected chi connectivity index (χ3v) is 4.81. The summed E-state index contributed by atoms with van der Waals surface area (Å²) >= 11 is 6.03. The van der Waals surface area contributed by atoms with E-state index < -0.39 is 0 Å². The van der Waals surface area contributed by atoms with Gasteiger partial charge in [0.05, 0.1) is 17.9 Å². The summed E-state index contributed by atoms with van der Waals surface area (Å²) in [7, 11) is 0. The van der Waals surface area contributed by atoms with Crippen LogP contribution in [0.2, 0.25) is 5.15 Å². The van der Waals surface area contributed by atoms with Crippen molar-refractivity contribution in [2.24, 2.45) is 4.99 Å². The van der Waals surface area contributed by atoms with Gasteiger partial charge in [0.1, 0.15) is 17.7 Å². The van der Waals surface area contributed by atoms with Crippen molar-refractivity contribution in [1.29, 1.82) is 0 Å². The summed E-state index contributed by atoms with van der Waals surface area (Å²) in [5.41, 5.74) is 4.50. The van der Waals surface area contributed by atoms with E-state index in [2.05, 4.69) is 46.2 Å². The van der Waals surface area contributed by atoms with Crippen LogP contribution < -0.4 is 5.32 Å². The van der Waals surface area contributed by atoms with Crippen LogP contribution in [0.15, 0.2) is 46.9 Å².